The molecule has 0 spiro atoms. The van der Waals surface area contributed by atoms with Crippen molar-refractivity contribution >= 4 is 29.5 Å². The number of amides is 1. The summed E-state index contributed by atoms with van der Waals surface area (Å²) in [4.78, 5) is 30.8. The first kappa shape index (κ1) is 24.7. The first-order valence-electron chi connectivity index (χ1n) is 11.5. The van der Waals surface area contributed by atoms with Gasteiger partial charge in [0.1, 0.15) is 11.6 Å². The number of hydrogen-bond donors (Lipinski definition) is 3. The van der Waals surface area contributed by atoms with Crippen LogP contribution >= 0.6 is 0 Å². The van der Waals surface area contributed by atoms with Crippen molar-refractivity contribution in [3.05, 3.63) is 83.2 Å². The number of anilines is 1. The van der Waals surface area contributed by atoms with Crippen molar-refractivity contribution in [1.29, 1.82) is 5.41 Å². The fourth-order valence-electron chi connectivity index (χ4n) is 3.98. The Labute approximate surface area is 209 Å². The molecule has 8 nitrogen and oxygen atoms in total. The minimum atomic E-state index is -0.583. The number of benzene rings is 2. The number of carbonyl (C=O) groups is 2. The lowest BCUT2D eigenvalue weighted by atomic mass is 9.94. The van der Waals surface area contributed by atoms with Gasteiger partial charge in [-0.15, -0.1) is 0 Å². The van der Waals surface area contributed by atoms with Gasteiger partial charge in [-0.05, 0) is 67.6 Å². The minimum Gasteiger partial charge on any atom is -0.496 e. The zero-order chi connectivity index (χ0) is 25.8. The number of hydrogen-bond acceptors (Lipinski definition) is 6. The second kappa shape index (κ2) is 10.4. The molecule has 0 aliphatic heterocycles. The van der Waals surface area contributed by atoms with Crippen LogP contribution in [-0.2, 0) is 11.2 Å². The molecule has 1 saturated carbocycles. The molecule has 36 heavy (non-hydrogen) atoms. The van der Waals surface area contributed by atoms with Crippen LogP contribution in [0.1, 0.15) is 50.5 Å². The van der Waals surface area contributed by atoms with Crippen LogP contribution in [0, 0.1) is 11.3 Å². The molecule has 1 aliphatic carbocycles. The van der Waals surface area contributed by atoms with Crippen LogP contribution in [0.3, 0.4) is 0 Å². The van der Waals surface area contributed by atoms with Gasteiger partial charge in [0, 0.05) is 39.2 Å². The zero-order valence-electron chi connectivity index (χ0n) is 20.3. The summed E-state index contributed by atoms with van der Waals surface area (Å²) in [6.07, 6.45) is 4.72. The molecule has 3 aromatic rings. The van der Waals surface area contributed by atoms with E-state index in [1.807, 2.05) is 6.07 Å². The minimum absolute atomic E-state index is 0.0612. The molecule has 2 aromatic carbocycles. The number of nitrogens with one attached hydrogen (secondary N) is 2. The Kier molecular flexibility index (Phi) is 7.15. The number of methoxy groups -OCH3 is 2. The van der Waals surface area contributed by atoms with Crippen molar-refractivity contribution in [3.8, 4) is 16.9 Å². The first-order valence-corrected chi connectivity index (χ1v) is 11.5. The smallest absolute Gasteiger partial charge is 0.357 e. The van der Waals surface area contributed by atoms with Crippen molar-refractivity contribution in [2.45, 2.75) is 19.3 Å². The van der Waals surface area contributed by atoms with Gasteiger partial charge in [0.15, 0.2) is 5.69 Å². The molecule has 0 radical (unpaired) electrons. The predicted molar refractivity (Wildman–Crippen MR) is 139 cm³/mol. The molecule has 184 valence electrons. The Hall–Kier alpha value is -4.46. The number of carbonyl (C=O) groups excluding carboxylic acids is 2. The van der Waals surface area contributed by atoms with Crippen LogP contribution in [0.15, 0.2) is 55.1 Å². The standard InChI is InChI=1S/C28H28N4O4/c1-4-17-14-23(27(33)32-19-9-7-18(8-10-19)26(29)30)22(15-24(17)35-2)21-12-11-20(13-16-5-6-16)31-25(21)28(34)36-3/h4,7-12,14-16H,1,5-6,13H2,2-3H3,(H3,29,30)(H,32,33). The van der Waals surface area contributed by atoms with E-state index in [2.05, 4.69) is 16.9 Å². The van der Waals surface area contributed by atoms with Crippen LogP contribution in [0.5, 0.6) is 5.75 Å². The van der Waals surface area contributed by atoms with Gasteiger partial charge >= 0.3 is 5.97 Å². The van der Waals surface area contributed by atoms with Gasteiger partial charge in [0.05, 0.1) is 14.2 Å². The van der Waals surface area contributed by atoms with Crippen LogP contribution < -0.4 is 15.8 Å². The van der Waals surface area contributed by atoms with Gasteiger partial charge in [-0.1, -0.05) is 18.7 Å². The molecule has 0 bridgehead atoms. The maximum absolute atomic E-state index is 13.5. The molecule has 1 aromatic heterocycles. The number of aromatic nitrogens is 1. The number of nitrogens with two attached hydrogens (primary N) is 1. The number of nitrogen functional groups attached to an aromatic ring is 1. The van der Waals surface area contributed by atoms with Gasteiger partial charge < -0.3 is 20.5 Å². The fourth-order valence-corrected chi connectivity index (χ4v) is 3.98. The number of esters is 1. The summed E-state index contributed by atoms with van der Waals surface area (Å²) >= 11 is 0. The van der Waals surface area contributed by atoms with E-state index in [9.17, 15) is 9.59 Å². The summed E-state index contributed by atoms with van der Waals surface area (Å²) in [5.74, 6) is 0.0514. The highest BCUT2D eigenvalue weighted by Crippen LogP contribution is 2.36. The lowest BCUT2D eigenvalue weighted by molar-refractivity contribution is 0.0594. The van der Waals surface area contributed by atoms with E-state index < -0.39 is 11.9 Å². The molecule has 4 rings (SSSR count). The molecule has 4 N–H and O–H groups in total. The number of rotatable bonds is 9. The van der Waals surface area contributed by atoms with Crippen LogP contribution in [-0.4, -0.2) is 36.9 Å². The molecule has 8 heteroatoms. The summed E-state index contributed by atoms with van der Waals surface area (Å²) in [6, 6.07) is 13.7. The highest BCUT2D eigenvalue weighted by molar-refractivity contribution is 6.11. The van der Waals surface area contributed by atoms with E-state index in [4.69, 9.17) is 20.6 Å². The third-order valence-electron chi connectivity index (χ3n) is 6.10. The third-order valence-corrected chi connectivity index (χ3v) is 6.10. The monoisotopic (exact) mass is 484 g/mol. The van der Waals surface area contributed by atoms with Crippen LogP contribution in [0.2, 0.25) is 0 Å². The van der Waals surface area contributed by atoms with E-state index in [-0.39, 0.29) is 11.5 Å². The molecule has 1 fully saturated rings. The number of nitrogens with zero attached hydrogens (tertiary/aromatic N) is 1. The van der Waals surface area contributed by atoms with Crippen molar-refractivity contribution in [2.75, 3.05) is 19.5 Å². The topological polar surface area (TPSA) is 127 Å². The Morgan fingerprint density at radius 2 is 1.86 bits per heavy atom. The van der Waals surface area contributed by atoms with Crippen LogP contribution in [0.4, 0.5) is 5.69 Å². The number of amidine groups is 1. The van der Waals surface area contributed by atoms with Crippen LogP contribution in [0.25, 0.3) is 17.2 Å². The lowest BCUT2D eigenvalue weighted by Gasteiger charge is -2.17. The maximum atomic E-state index is 13.5. The Bertz CT molecular complexity index is 1340. The van der Waals surface area contributed by atoms with Gasteiger partial charge in [-0.2, -0.15) is 0 Å². The van der Waals surface area contributed by atoms with E-state index in [0.717, 1.165) is 25.0 Å². The predicted octanol–water partition coefficient (Wildman–Crippen LogP) is 4.68. The normalized spacial score (nSPS) is 12.5. The summed E-state index contributed by atoms with van der Waals surface area (Å²) in [5, 5.41) is 10.4. The highest BCUT2D eigenvalue weighted by atomic mass is 16.5. The van der Waals surface area contributed by atoms with Gasteiger partial charge in [-0.25, -0.2) is 9.78 Å². The average Bonchev–Trinajstić information content (AvgIpc) is 3.71. The molecule has 1 heterocycles. The van der Waals surface area contributed by atoms with E-state index in [1.165, 1.54) is 14.2 Å². The molecule has 1 amide bonds. The highest BCUT2D eigenvalue weighted by Gasteiger charge is 2.26. The average molecular weight is 485 g/mol. The molecule has 0 unspecified atom stereocenters. The summed E-state index contributed by atoms with van der Waals surface area (Å²) in [6.45, 7) is 3.83. The lowest BCUT2D eigenvalue weighted by Crippen LogP contribution is -2.16. The summed E-state index contributed by atoms with van der Waals surface area (Å²) in [5.41, 5.74) is 9.42. The van der Waals surface area contributed by atoms with Crippen molar-refractivity contribution in [3.63, 3.8) is 0 Å². The molecule has 0 atom stereocenters. The van der Waals surface area contributed by atoms with Crippen molar-refractivity contribution < 1.29 is 19.1 Å². The van der Waals surface area contributed by atoms with Gasteiger partial charge in [0.2, 0.25) is 0 Å². The number of pyridine rings is 1. The molecule has 1 aliphatic rings. The van der Waals surface area contributed by atoms with E-state index in [1.54, 1.807) is 48.5 Å². The van der Waals surface area contributed by atoms with Gasteiger partial charge in [-0.3, -0.25) is 10.2 Å². The second-order valence-electron chi connectivity index (χ2n) is 8.63. The number of ether oxygens (including phenoxy) is 2. The Balaban J connectivity index is 1.80. The largest absolute Gasteiger partial charge is 0.496 e. The van der Waals surface area contributed by atoms with E-state index in [0.29, 0.717) is 45.2 Å². The Morgan fingerprint density at radius 3 is 2.44 bits per heavy atom. The molecule has 0 saturated heterocycles. The SMILES string of the molecule is C=Cc1cc(C(=O)Nc2ccc(C(=N)N)cc2)c(-c2ccc(CC3CC3)nc2C(=O)OC)cc1OC. The zero-order valence-corrected chi connectivity index (χ0v) is 20.3. The summed E-state index contributed by atoms with van der Waals surface area (Å²) in [7, 11) is 2.84. The summed E-state index contributed by atoms with van der Waals surface area (Å²) < 4.78 is 10.6. The van der Waals surface area contributed by atoms with E-state index >= 15 is 0 Å². The Morgan fingerprint density at radius 1 is 1.14 bits per heavy atom. The molecular formula is C28H28N4O4. The quantitative estimate of drug-likeness (QED) is 0.230. The first-order chi connectivity index (χ1) is 17.3. The third kappa shape index (κ3) is 5.27. The maximum Gasteiger partial charge on any atom is 0.357 e. The molecular weight excluding hydrogens is 456 g/mol. The van der Waals surface area contributed by atoms with Crippen molar-refractivity contribution in [2.24, 2.45) is 11.7 Å². The van der Waals surface area contributed by atoms with Crippen molar-refractivity contribution in [1.82, 2.24) is 4.98 Å². The fraction of sp³-hybridized carbons (Fsp3) is 0.214. The van der Waals surface area contributed by atoms with Gasteiger partial charge in [0.25, 0.3) is 5.91 Å². The second-order valence-corrected chi connectivity index (χ2v) is 8.63.